The van der Waals surface area contributed by atoms with Crippen molar-refractivity contribution < 1.29 is 4.79 Å². The number of carbonyl (C=O) groups excluding carboxylic acids is 1. The Morgan fingerprint density at radius 2 is 1.76 bits per heavy atom. The number of rotatable bonds is 3. The van der Waals surface area contributed by atoms with Crippen molar-refractivity contribution in [2.45, 2.75) is 51.2 Å². The van der Waals surface area contributed by atoms with Crippen LogP contribution in [0.3, 0.4) is 0 Å². The van der Waals surface area contributed by atoms with Crippen LogP contribution in [-0.4, -0.2) is 22.9 Å². The third-order valence-corrected chi connectivity index (χ3v) is 5.95. The maximum atomic E-state index is 13.1. The van der Waals surface area contributed by atoms with Gasteiger partial charge in [0.1, 0.15) is 5.54 Å². The van der Waals surface area contributed by atoms with Crippen molar-refractivity contribution in [1.29, 1.82) is 0 Å². The van der Waals surface area contributed by atoms with Gasteiger partial charge in [-0.25, -0.2) is 0 Å². The van der Waals surface area contributed by atoms with Crippen molar-refractivity contribution in [3.63, 3.8) is 0 Å². The van der Waals surface area contributed by atoms with Crippen LogP contribution in [0.5, 0.6) is 0 Å². The van der Waals surface area contributed by atoms with Crippen LogP contribution in [0.15, 0.2) is 48.5 Å². The SMILES string of the molecule is CCc1ccccc1CN1CCCC12Cc1ccccc1CNC2=O. The fourth-order valence-electron chi connectivity index (χ4n) is 4.52. The average Bonchev–Trinajstić information content (AvgIpc) is 2.97. The molecule has 2 heterocycles. The van der Waals surface area contributed by atoms with Crippen LogP contribution >= 0.6 is 0 Å². The van der Waals surface area contributed by atoms with Crippen molar-refractivity contribution in [2.24, 2.45) is 0 Å². The summed E-state index contributed by atoms with van der Waals surface area (Å²) in [4.78, 5) is 15.5. The summed E-state index contributed by atoms with van der Waals surface area (Å²) in [6.45, 7) is 4.70. The van der Waals surface area contributed by atoms with Crippen molar-refractivity contribution >= 4 is 5.91 Å². The van der Waals surface area contributed by atoms with Gasteiger partial charge in [0.2, 0.25) is 5.91 Å². The quantitative estimate of drug-likeness (QED) is 0.932. The predicted molar refractivity (Wildman–Crippen MR) is 100 cm³/mol. The van der Waals surface area contributed by atoms with Crippen molar-refractivity contribution in [1.82, 2.24) is 10.2 Å². The Morgan fingerprint density at radius 3 is 2.56 bits per heavy atom. The molecule has 4 rings (SSSR count). The molecular formula is C22H26N2O. The van der Waals surface area contributed by atoms with Crippen molar-refractivity contribution in [3.05, 3.63) is 70.8 Å². The summed E-state index contributed by atoms with van der Waals surface area (Å²) in [5.74, 6) is 0.204. The number of aryl methyl sites for hydroxylation is 1. The van der Waals surface area contributed by atoms with Gasteiger partial charge in [0, 0.05) is 19.5 Å². The number of fused-ring (bicyclic) bond motifs is 1. The highest BCUT2D eigenvalue weighted by Crippen LogP contribution is 2.37. The second-order valence-corrected chi connectivity index (χ2v) is 7.31. The van der Waals surface area contributed by atoms with Gasteiger partial charge >= 0.3 is 0 Å². The highest BCUT2D eigenvalue weighted by molar-refractivity contribution is 5.87. The fourth-order valence-corrected chi connectivity index (χ4v) is 4.52. The van der Waals surface area contributed by atoms with Gasteiger partial charge in [-0.15, -0.1) is 0 Å². The van der Waals surface area contributed by atoms with E-state index >= 15 is 0 Å². The van der Waals surface area contributed by atoms with E-state index in [4.69, 9.17) is 0 Å². The third-order valence-electron chi connectivity index (χ3n) is 5.95. The maximum Gasteiger partial charge on any atom is 0.241 e. The van der Waals surface area contributed by atoms with E-state index < -0.39 is 5.54 Å². The van der Waals surface area contributed by atoms with Gasteiger partial charge in [0.15, 0.2) is 0 Å². The summed E-state index contributed by atoms with van der Waals surface area (Å²) in [5, 5.41) is 3.20. The molecule has 0 aromatic heterocycles. The van der Waals surface area contributed by atoms with Gasteiger partial charge in [-0.3, -0.25) is 9.69 Å². The molecule has 2 aromatic carbocycles. The Balaban J connectivity index is 1.68. The minimum absolute atomic E-state index is 0.204. The second kappa shape index (κ2) is 6.64. The number of carbonyl (C=O) groups is 1. The lowest BCUT2D eigenvalue weighted by atomic mass is 9.86. The topological polar surface area (TPSA) is 32.3 Å². The van der Waals surface area contributed by atoms with Gasteiger partial charge in [-0.1, -0.05) is 55.5 Å². The average molecular weight is 334 g/mol. The molecule has 1 N–H and O–H groups in total. The lowest BCUT2D eigenvalue weighted by Crippen LogP contribution is -2.55. The molecule has 0 saturated carbocycles. The number of nitrogens with one attached hydrogen (secondary N) is 1. The second-order valence-electron chi connectivity index (χ2n) is 7.31. The van der Waals surface area contributed by atoms with Gasteiger partial charge in [-0.2, -0.15) is 0 Å². The Kier molecular flexibility index (Phi) is 4.34. The van der Waals surface area contributed by atoms with Gasteiger partial charge in [0.05, 0.1) is 0 Å². The van der Waals surface area contributed by atoms with E-state index in [9.17, 15) is 4.79 Å². The monoisotopic (exact) mass is 334 g/mol. The first-order valence-electron chi connectivity index (χ1n) is 9.40. The van der Waals surface area contributed by atoms with E-state index in [-0.39, 0.29) is 5.91 Å². The molecule has 1 amide bonds. The molecule has 2 aromatic rings. The first-order chi connectivity index (χ1) is 12.2. The Labute approximate surface area is 150 Å². The highest BCUT2D eigenvalue weighted by Gasteiger charge is 2.48. The zero-order chi connectivity index (χ0) is 17.3. The molecule has 25 heavy (non-hydrogen) atoms. The highest BCUT2D eigenvalue weighted by atomic mass is 16.2. The molecule has 0 bridgehead atoms. The summed E-state index contributed by atoms with van der Waals surface area (Å²) in [6.07, 6.45) is 3.89. The molecular weight excluding hydrogens is 308 g/mol. The van der Waals surface area contributed by atoms with Crippen molar-refractivity contribution in [2.75, 3.05) is 6.54 Å². The molecule has 130 valence electrons. The van der Waals surface area contributed by atoms with Crippen LogP contribution in [0.2, 0.25) is 0 Å². The normalized spacial score (nSPS) is 23.3. The summed E-state index contributed by atoms with van der Waals surface area (Å²) >= 11 is 0. The van der Waals surface area contributed by atoms with Crippen LogP contribution in [-0.2, 0) is 30.7 Å². The van der Waals surface area contributed by atoms with Crippen LogP contribution in [0, 0.1) is 0 Å². The van der Waals surface area contributed by atoms with E-state index in [1.807, 2.05) is 0 Å². The molecule has 1 saturated heterocycles. The Morgan fingerprint density at radius 1 is 1.04 bits per heavy atom. The minimum Gasteiger partial charge on any atom is -0.350 e. The molecule has 3 nitrogen and oxygen atoms in total. The predicted octanol–water partition coefficient (Wildman–Crippen LogP) is 3.46. The smallest absolute Gasteiger partial charge is 0.241 e. The van der Waals surface area contributed by atoms with E-state index in [0.29, 0.717) is 6.54 Å². The number of hydrogen-bond donors (Lipinski definition) is 1. The molecule has 1 fully saturated rings. The number of likely N-dealkylation sites (tertiary alicyclic amines) is 1. The van der Waals surface area contributed by atoms with E-state index in [0.717, 1.165) is 38.8 Å². The molecule has 1 atom stereocenters. The summed E-state index contributed by atoms with van der Waals surface area (Å²) in [6, 6.07) is 17.1. The van der Waals surface area contributed by atoms with Crippen LogP contribution in [0.1, 0.15) is 42.0 Å². The standard InChI is InChI=1S/C22H26N2O/c1-2-17-8-3-6-11-20(17)16-24-13-7-12-22(24)14-18-9-4-5-10-19(18)15-23-21(22)25/h3-6,8-11H,2,7,12-16H2,1H3,(H,23,25). The first-order valence-corrected chi connectivity index (χ1v) is 9.40. The number of benzene rings is 2. The lowest BCUT2D eigenvalue weighted by molar-refractivity contribution is -0.132. The third kappa shape index (κ3) is 2.87. The number of amides is 1. The van der Waals surface area contributed by atoms with E-state index in [2.05, 4.69) is 65.7 Å². The summed E-state index contributed by atoms with van der Waals surface area (Å²) < 4.78 is 0. The molecule has 3 heteroatoms. The lowest BCUT2D eigenvalue weighted by Gasteiger charge is -2.36. The molecule has 2 aliphatic rings. The Bertz CT molecular complexity index is 785. The number of hydrogen-bond acceptors (Lipinski definition) is 2. The van der Waals surface area contributed by atoms with Gasteiger partial charge in [0.25, 0.3) is 0 Å². The van der Waals surface area contributed by atoms with Crippen LogP contribution < -0.4 is 5.32 Å². The van der Waals surface area contributed by atoms with Crippen LogP contribution in [0.4, 0.5) is 0 Å². The number of nitrogens with zero attached hydrogens (tertiary/aromatic N) is 1. The first kappa shape index (κ1) is 16.3. The van der Waals surface area contributed by atoms with Gasteiger partial charge in [-0.05, 0) is 48.1 Å². The van der Waals surface area contributed by atoms with Crippen LogP contribution in [0.25, 0.3) is 0 Å². The Hall–Kier alpha value is -2.13. The summed E-state index contributed by atoms with van der Waals surface area (Å²) in [7, 11) is 0. The fraction of sp³-hybridized carbons (Fsp3) is 0.409. The molecule has 1 spiro atoms. The maximum absolute atomic E-state index is 13.1. The molecule has 0 radical (unpaired) electrons. The molecule has 1 unspecified atom stereocenters. The molecule has 0 aliphatic carbocycles. The zero-order valence-corrected chi connectivity index (χ0v) is 14.9. The zero-order valence-electron chi connectivity index (χ0n) is 14.9. The van der Waals surface area contributed by atoms with Crippen molar-refractivity contribution in [3.8, 4) is 0 Å². The minimum atomic E-state index is -0.395. The van der Waals surface area contributed by atoms with Gasteiger partial charge < -0.3 is 5.32 Å². The van der Waals surface area contributed by atoms with E-state index in [1.54, 1.807) is 0 Å². The largest absolute Gasteiger partial charge is 0.350 e. The molecule has 2 aliphatic heterocycles. The summed E-state index contributed by atoms with van der Waals surface area (Å²) in [5.41, 5.74) is 4.92. The van der Waals surface area contributed by atoms with E-state index in [1.165, 1.54) is 22.3 Å².